The third-order valence-electron chi connectivity index (χ3n) is 3.88. The molecule has 2 rings (SSSR count). The van der Waals surface area contributed by atoms with Gasteiger partial charge in [-0.25, -0.2) is 0 Å². The number of aliphatic hydroxyl groups excluding tert-OH is 1. The van der Waals surface area contributed by atoms with Crippen LogP contribution in [0.2, 0.25) is 5.02 Å². The lowest BCUT2D eigenvalue weighted by Gasteiger charge is -2.38. The van der Waals surface area contributed by atoms with Crippen LogP contribution in [0.25, 0.3) is 0 Å². The minimum atomic E-state index is -0.545. The van der Waals surface area contributed by atoms with Gasteiger partial charge in [0.25, 0.3) is 5.69 Å². The summed E-state index contributed by atoms with van der Waals surface area (Å²) in [5.41, 5.74) is 0.216. The zero-order valence-corrected chi connectivity index (χ0v) is 13.5. The molecule has 0 aromatic heterocycles. The van der Waals surface area contributed by atoms with E-state index in [4.69, 9.17) is 11.6 Å². The first-order valence-electron chi connectivity index (χ1n) is 7.18. The lowest BCUT2D eigenvalue weighted by atomic mass is 10.2. The van der Waals surface area contributed by atoms with E-state index >= 15 is 0 Å². The number of nitro benzene ring substituents is 1. The molecule has 1 saturated heterocycles. The number of halogens is 1. The lowest BCUT2D eigenvalue weighted by molar-refractivity contribution is -0.384. The molecule has 2 N–H and O–H groups in total. The molecule has 0 saturated carbocycles. The standard InChI is InChI=1S/C14H19ClN4O4/c1-17-4-5-18(7-11(17)9-20)8-14(21)16-13-3-2-10(19(22)23)6-12(13)15/h2-3,6,11,20H,4-5,7-9H2,1H3,(H,16,21)/t11-/m1/s1. The Labute approximate surface area is 138 Å². The molecule has 8 nitrogen and oxygen atoms in total. The maximum Gasteiger partial charge on any atom is 0.271 e. The van der Waals surface area contributed by atoms with Gasteiger partial charge < -0.3 is 10.4 Å². The van der Waals surface area contributed by atoms with Gasteiger partial charge in [0.2, 0.25) is 5.91 Å². The van der Waals surface area contributed by atoms with Gasteiger partial charge in [0.15, 0.2) is 0 Å². The number of nitrogens with zero attached hydrogens (tertiary/aromatic N) is 3. The number of aliphatic hydroxyl groups is 1. The quantitative estimate of drug-likeness (QED) is 0.606. The Morgan fingerprint density at radius 3 is 2.87 bits per heavy atom. The fourth-order valence-electron chi connectivity index (χ4n) is 2.46. The van der Waals surface area contributed by atoms with Crippen LogP contribution in [0.4, 0.5) is 11.4 Å². The van der Waals surface area contributed by atoms with Crippen molar-refractivity contribution in [1.29, 1.82) is 0 Å². The van der Waals surface area contributed by atoms with Gasteiger partial charge in [-0.1, -0.05) is 11.6 Å². The van der Waals surface area contributed by atoms with E-state index < -0.39 is 4.92 Å². The highest BCUT2D eigenvalue weighted by Crippen LogP contribution is 2.26. The number of piperazine rings is 1. The van der Waals surface area contributed by atoms with Gasteiger partial charge in [-0.3, -0.25) is 24.7 Å². The first kappa shape index (κ1) is 17.6. The molecule has 1 aliphatic rings. The number of anilines is 1. The minimum Gasteiger partial charge on any atom is -0.395 e. The van der Waals surface area contributed by atoms with Crippen LogP contribution in [0, 0.1) is 10.1 Å². The van der Waals surface area contributed by atoms with Crippen molar-refractivity contribution >= 4 is 28.9 Å². The highest BCUT2D eigenvalue weighted by atomic mass is 35.5. The Balaban J connectivity index is 1.93. The zero-order valence-electron chi connectivity index (χ0n) is 12.7. The molecule has 1 heterocycles. The average molecular weight is 343 g/mol. The molecule has 1 aliphatic heterocycles. The lowest BCUT2D eigenvalue weighted by Crippen LogP contribution is -2.54. The van der Waals surface area contributed by atoms with Gasteiger partial charge in [-0.2, -0.15) is 0 Å². The number of likely N-dealkylation sites (N-methyl/N-ethyl adjacent to an activating group) is 1. The predicted molar refractivity (Wildman–Crippen MR) is 86.7 cm³/mol. The normalized spacial score (nSPS) is 19.5. The summed E-state index contributed by atoms with van der Waals surface area (Å²) in [6, 6.07) is 3.92. The van der Waals surface area contributed by atoms with Crippen molar-refractivity contribution in [2.45, 2.75) is 6.04 Å². The van der Waals surface area contributed by atoms with Crippen LogP contribution < -0.4 is 5.32 Å². The highest BCUT2D eigenvalue weighted by molar-refractivity contribution is 6.34. The number of hydrogen-bond acceptors (Lipinski definition) is 6. The number of carbonyl (C=O) groups excluding carboxylic acids is 1. The van der Waals surface area contributed by atoms with Crippen molar-refractivity contribution in [3.05, 3.63) is 33.3 Å². The maximum atomic E-state index is 12.1. The highest BCUT2D eigenvalue weighted by Gasteiger charge is 2.25. The molecule has 1 atom stereocenters. The summed E-state index contributed by atoms with van der Waals surface area (Å²) in [5.74, 6) is -0.248. The van der Waals surface area contributed by atoms with Crippen LogP contribution in [-0.2, 0) is 4.79 Å². The van der Waals surface area contributed by atoms with Crippen LogP contribution in [0.5, 0.6) is 0 Å². The topological polar surface area (TPSA) is 99.0 Å². The van der Waals surface area contributed by atoms with Crippen LogP contribution in [0.1, 0.15) is 0 Å². The summed E-state index contributed by atoms with van der Waals surface area (Å²) in [7, 11) is 1.94. The molecular formula is C14H19ClN4O4. The van der Waals surface area contributed by atoms with Gasteiger partial charge in [-0.05, 0) is 13.1 Å². The molecule has 0 bridgehead atoms. The number of carbonyl (C=O) groups is 1. The Bertz CT molecular complexity index is 598. The average Bonchev–Trinajstić information content (AvgIpc) is 2.51. The van der Waals surface area contributed by atoms with Crippen LogP contribution >= 0.6 is 11.6 Å². The second kappa shape index (κ2) is 7.69. The van der Waals surface area contributed by atoms with E-state index in [2.05, 4.69) is 10.2 Å². The van der Waals surface area contributed by atoms with E-state index in [-0.39, 0.29) is 35.8 Å². The van der Waals surface area contributed by atoms with Gasteiger partial charge in [0, 0.05) is 37.8 Å². The van der Waals surface area contributed by atoms with E-state index in [1.807, 2.05) is 11.9 Å². The molecule has 23 heavy (non-hydrogen) atoms. The minimum absolute atomic E-state index is 0.0134. The van der Waals surface area contributed by atoms with Gasteiger partial charge in [0.1, 0.15) is 0 Å². The van der Waals surface area contributed by atoms with Crippen LogP contribution in [0.15, 0.2) is 18.2 Å². The first-order chi connectivity index (χ1) is 10.9. The summed E-state index contributed by atoms with van der Waals surface area (Å²) >= 11 is 5.95. The number of non-ortho nitro benzene ring substituents is 1. The number of nitrogens with one attached hydrogen (secondary N) is 1. The number of benzene rings is 1. The number of hydrogen-bond donors (Lipinski definition) is 2. The predicted octanol–water partition coefficient (Wildman–Crippen LogP) is 0.795. The second-order valence-electron chi connectivity index (χ2n) is 5.52. The molecule has 0 aliphatic carbocycles. The zero-order chi connectivity index (χ0) is 17.0. The van der Waals surface area contributed by atoms with Gasteiger partial charge in [0.05, 0.1) is 28.8 Å². The molecule has 0 spiro atoms. The van der Waals surface area contributed by atoms with E-state index in [1.165, 1.54) is 18.2 Å². The smallest absolute Gasteiger partial charge is 0.271 e. The van der Waals surface area contributed by atoms with Crippen LogP contribution in [0.3, 0.4) is 0 Å². The summed E-state index contributed by atoms with van der Waals surface area (Å²) in [6.07, 6.45) is 0. The van der Waals surface area contributed by atoms with Gasteiger partial charge >= 0.3 is 0 Å². The largest absolute Gasteiger partial charge is 0.395 e. The summed E-state index contributed by atoms with van der Waals surface area (Å²) in [5, 5.41) is 22.8. The van der Waals surface area contributed by atoms with E-state index in [0.29, 0.717) is 12.2 Å². The van der Waals surface area contributed by atoms with Crippen LogP contribution in [-0.4, -0.2) is 71.6 Å². The van der Waals surface area contributed by atoms with Crippen molar-refractivity contribution in [2.75, 3.05) is 45.2 Å². The van der Waals surface area contributed by atoms with Crippen molar-refractivity contribution < 1.29 is 14.8 Å². The molecule has 0 unspecified atom stereocenters. The molecule has 1 amide bonds. The number of nitro groups is 1. The fraction of sp³-hybridized carbons (Fsp3) is 0.500. The third-order valence-corrected chi connectivity index (χ3v) is 4.19. The molecule has 1 fully saturated rings. The van der Waals surface area contributed by atoms with Crippen molar-refractivity contribution in [2.24, 2.45) is 0 Å². The maximum absolute atomic E-state index is 12.1. The number of amides is 1. The fourth-order valence-corrected chi connectivity index (χ4v) is 2.68. The van der Waals surface area contributed by atoms with Crippen molar-refractivity contribution in [1.82, 2.24) is 9.80 Å². The first-order valence-corrected chi connectivity index (χ1v) is 7.55. The molecule has 126 valence electrons. The monoisotopic (exact) mass is 342 g/mol. The Hall–Kier alpha value is -1.74. The molecular weight excluding hydrogens is 324 g/mol. The number of rotatable bonds is 5. The molecule has 1 aromatic carbocycles. The van der Waals surface area contributed by atoms with E-state index in [9.17, 15) is 20.0 Å². The molecule has 0 radical (unpaired) electrons. The third kappa shape index (κ3) is 4.61. The summed E-state index contributed by atoms with van der Waals surface area (Å²) < 4.78 is 0. The van der Waals surface area contributed by atoms with Crippen molar-refractivity contribution in [3.8, 4) is 0 Å². The van der Waals surface area contributed by atoms with E-state index in [1.54, 1.807) is 0 Å². The van der Waals surface area contributed by atoms with Gasteiger partial charge in [-0.15, -0.1) is 0 Å². The Morgan fingerprint density at radius 1 is 1.52 bits per heavy atom. The molecule has 9 heteroatoms. The molecule has 1 aromatic rings. The SMILES string of the molecule is CN1CCN(CC(=O)Nc2ccc([N+](=O)[O-])cc2Cl)C[C@@H]1CO. The van der Waals surface area contributed by atoms with E-state index in [0.717, 1.165) is 13.1 Å². The Kier molecular flexibility index (Phi) is 5.89. The Morgan fingerprint density at radius 2 is 2.26 bits per heavy atom. The second-order valence-corrected chi connectivity index (χ2v) is 5.93. The summed E-state index contributed by atoms with van der Waals surface area (Å²) in [6.45, 7) is 2.33. The summed E-state index contributed by atoms with van der Waals surface area (Å²) in [4.78, 5) is 26.2. The van der Waals surface area contributed by atoms with Crippen molar-refractivity contribution in [3.63, 3.8) is 0 Å².